The molecule has 1 aromatic carbocycles. The van der Waals surface area contributed by atoms with Crippen LogP contribution in [0.3, 0.4) is 0 Å². The molecule has 2 aliphatic heterocycles. The summed E-state index contributed by atoms with van der Waals surface area (Å²) in [6.45, 7) is 4.88. The van der Waals surface area contributed by atoms with Crippen molar-refractivity contribution in [1.82, 2.24) is 9.47 Å². The third kappa shape index (κ3) is 4.16. The van der Waals surface area contributed by atoms with Gasteiger partial charge in [-0.2, -0.15) is 0 Å². The molecular formula is C23H27N3O3S2. The number of amides is 1. The summed E-state index contributed by atoms with van der Waals surface area (Å²) in [7, 11) is 3.38. The number of benzene rings is 1. The van der Waals surface area contributed by atoms with Crippen molar-refractivity contribution in [2.24, 2.45) is 13.0 Å². The van der Waals surface area contributed by atoms with E-state index in [0.717, 1.165) is 42.5 Å². The van der Waals surface area contributed by atoms with E-state index < -0.39 is 0 Å². The molecule has 0 bridgehead atoms. The van der Waals surface area contributed by atoms with Crippen LogP contribution >= 0.6 is 24.0 Å². The molecule has 1 aromatic heterocycles. The van der Waals surface area contributed by atoms with Gasteiger partial charge in [-0.3, -0.25) is 14.5 Å². The molecule has 1 amide bonds. The van der Waals surface area contributed by atoms with Crippen LogP contribution in [-0.4, -0.2) is 53.0 Å². The third-order valence-electron chi connectivity index (χ3n) is 6.08. The lowest BCUT2D eigenvalue weighted by atomic mass is 9.97. The smallest absolute Gasteiger partial charge is 0.266 e. The molecule has 8 heteroatoms. The van der Waals surface area contributed by atoms with E-state index in [1.54, 1.807) is 29.7 Å². The molecule has 2 fully saturated rings. The molecular weight excluding hydrogens is 430 g/mol. The molecule has 31 heavy (non-hydrogen) atoms. The number of hydrogen-bond acceptors (Lipinski definition) is 6. The van der Waals surface area contributed by atoms with Crippen molar-refractivity contribution in [3.8, 4) is 0 Å². The van der Waals surface area contributed by atoms with Crippen LogP contribution in [-0.2, 0) is 16.6 Å². The number of para-hydroxylation sites is 1. The largest absolute Gasteiger partial charge is 0.383 e. The number of pyridine rings is 1. The van der Waals surface area contributed by atoms with E-state index in [-0.39, 0.29) is 11.5 Å². The maximum absolute atomic E-state index is 13.4. The number of thiocarbonyl (C=S) groups is 1. The van der Waals surface area contributed by atoms with E-state index in [1.165, 1.54) is 11.8 Å². The number of nitrogens with zero attached hydrogens (tertiary/aromatic N) is 3. The molecule has 0 atom stereocenters. The van der Waals surface area contributed by atoms with Crippen LogP contribution in [0.2, 0.25) is 0 Å². The minimum absolute atomic E-state index is 0.102. The molecule has 0 unspecified atom stereocenters. The number of carbonyl (C=O) groups is 1. The molecule has 2 aromatic rings. The van der Waals surface area contributed by atoms with Gasteiger partial charge in [0.2, 0.25) is 0 Å². The fraction of sp³-hybridized carbons (Fsp3) is 0.435. The Kier molecular flexibility index (Phi) is 6.50. The van der Waals surface area contributed by atoms with Crippen molar-refractivity contribution in [2.75, 3.05) is 38.3 Å². The first kappa shape index (κ1) is 22.0. The zero-order valence-corrected chi connectivity index (χ0v) is 19.7. The molecule has 0 N–H and O–H groups in total. The number of hydrogen-bond donors (Lipinski definition) is 0. The fourth-order valence-corrected chi connectivity index (χ4v) is 5.50. The quantitative estimate of drug-likeness (QED) is 0.505. The summed E-state index contributed by atoms with van der Waals surface area (Å²) in [4.78, 5) is 30.8. The number of carbonyl (C=O) groups excluding carboxylic acids is 1. The summed E-state index contributed by atoms with van der Waals surface area (Å²) < 4.78 is 7.27. The van der Waals surface area contributed by atoms with Gasteiger partial charge in [-0.25, -0.2) is 0 Å². The lowest BCUT2D eigenvalue weighted by Crippen LogP contribution is -2.35. The molecule has 6 nitrogen and oxygen atoms in total. The average Bonchev–Trinajstić information content (AvgIpc) is 3.04. The van der Waals surface area contributed by atoms with Gasteiger partial charge in [0.1, 0.15) is 4.32 Å². The van der Waals surface area contributed by atoms with Gasteiger partial charge in [0.05, 0.1) is 34.8 Å². The van der Waals surface area contributed by atoms with Crippen LogP contribution in [0.1, 0.15) is 25.3 Å². The highest BCUT2D eigenvalue weighted by Crippen LogP contribution is 2.37. The van der Waals surface area contributed by atoms with E-state index in [0.29, 0.717) is 33.9 Å². The van der Waals surface area contributed by atoms with Crippen molar-refractivity contribution < 1.29 is 9.53 Å². The van der Waals surface area contributed by atoms with Crippen LogP contribution in [0.25, 0.3) is 17.0 Å². The number of rotatable bonds is 5. The van der Waals surface area contributed by atoms with Crippen molar-refractivity contribution >= 4 is 56.9 Å². The molecule has 0 radical (unpaired) electrons. The number of thioether (sulfide) groups is 1. The topological polar surface area (TPSA) is 54.8 Å². The maximum Gasteiger partial charge on any atom is 0.266 e. The Balaban J connectivity index is 1.86. The van der Waals surface area contributed by atoms with Crippen LogP contribution in [0.15, 0.2) is 34.0 Å². The predicted octanol–water partition coefficient (Wildman–Crippen LogP) is 3.62. The number of piperidine rings is 1. The van der Waals surface area contributed by atoms with Gasteiger partial charge < -0.3 is 14.2 Å². The number of fused-ring (bicyclic) bond motifs is 1. The zero-order valence-electron chi connectivity index (χ0n) is 18.1. The highest BCUT2D eigenvalue weighted by Gasteiger charge is 2.33. The number of methoxy groups -OCH3 is 1. The Hall–Kier alpha value is -2.16. The van der Waals surface area contributed by atoms with E-state index in [2.05, 4.69) is 17.9 Å². The first-order valence-corrected chi connectivity index (χ1v) is 11.8. The second kappa shape index (κ2) is 9.14. The lowest BCUT2D eigenvalue weighted by Gasteiger charge is -2.34. The van der Waals surface area contributed by atoms with Crippen LogP contribution < -0.4 is 10.5 Å². The molecule has 4 rings (SSSR count). The van der Waals surface area contributed by atoms with Crippen LogP contribution in [0, 0.1) is 5.92 Å². The zero-order chi connectivity index (χ0) is 22.1. The summed E-state index contributed by atoms with van der Waals surface area (Å²) in [5.41, 5.74) is 2.27. The second-order valence-corrected chi connectivity index (χ2v) is 9.82. The fourth-order valence-electron chi connectivity index (χ4n) is 4.21. The number of ether oxygens (including phenoxy) is 1. The second-order valence-electron chi connectivity index (χ2n) is 8.14. The van der Waals surface area contributed by atoms with Gasteiger partial charge >= 0.3 is 0 Å². The molecule has 0 saturated carbocycles. The first-order chi connectivity index (χ1) is 14.9. The minimum Gasteiger partial charge on any atom is -0.383 e. The van der Waals surface area contributed by atoms with Crippen LogP contribution in [0.4, 0.5) is 5.69 Å². The summed E-state index contributed by atoms with van der Waals surface area (Å²) in [6, 6.07) is 7.98. The standard InChI is InChI=1S/C23H27N3O3S2/c1-15-8-10-25(11-9-15)20-16-6-4-5-7-18(16)24(2)21(27)17(20)14-19-22(28)26(12-13-29-3)23(30)31-19/h4-7,14-15H,8-13H2,1-3H3. The van der Waals surface area contributed by atoms with Gasteiger partial charge in [0.15, 0.2) is 0 Å². The normalized spacial score (nSPS) is 19.3. The molecule has 3 heterocycles. The predicted molar refractivity (Wildman–Crippen MR) is 132 cm³/mol. The summed E-state index contributed by atoms with van der Waals surface area (Å²) in [6.07, 6.45) is 3.92. The third-order valence-corrected chi connectivity index (χ3v) is 7.46. The first-order valence-electron chi connectivity index (χ1n) is 10.5. The molecule has 2 aliphatic rings. The Morgan fingerprint density at radius 2 is 1.94 bits per heavy atom. The summed E-state index contributed by atoms with van der Waals surface area (Å²) in [5.74, 6) is 0.509. The van der Waals surface area contributed by atoms with E-state index in [9.17, 15) is 9.59 Å². The van der Waals surface area contributed by atoms with E-state index in [4.69, 9.17) is 17.0 Å². The van der Waals surface area contributed by atoms with Crippen molar-refractivity contribution in [2.45, 2.75) is 19.8 Å². The Labute approximate surface area is 191 Å². The Morgan fingerprint density at radius 1 is 1.23 bits per heavy atom. The Bertz CT molecular complexity index is 1120. The number of aryl methyl sites for hydroxylation is 1. The SMILES string of the molecule is COCCN1C(=O)C(=Cc2c(N3CCC(C)CC3)c3ccccc3n(C)c2=O)SC1=S. The van der Waals surface area contributed by atoms with Crippen molar-refractivity contribution in [3.63, 3.8) is 0 Å². The minimum atomic E-state index is -0.166. The lowest BCUT2D eigenvalue weighted by molar-refractivity contribution is -0.122. The summed E-state index contributed by atoms with van der Waals surface area (Å²) >= 11 is 6.66. The van der Waals surface area contributed by atoms with Gasteiger partial charge in [-0.15, -0.1) is 0 Å². The monoisotopic (exact) mass is 457 g/mol. The molecule has 0 aliphatic carbocycles. The van der Waals surface area contributed by atoms with Gasteiger partial charge in [-0.05, 0) is 30.9 Å². The van der Waals surface area contributed by atoms with Crippen molar-refractivity contribution in [1.29, 1.82) is 0 Å². The maximum atomic E-state index is 13.4. The molecule has 164 valence electrons. The molecule has 2 saturated heterocycles. The van der Waals surface area contributed by atoms with Crippen LogP contribution in [0.5, 0.6) is 0 Å². The number of anilines is 1. The van der Waals surface area contributed by atoms with Gasteiger partial charge in [0.25, 0.3) is 11.5 Å². The number of aromatic nitrogens is 1. The van der Waals surface area contributed by atoms with Gasteiger partial charge in [-0.1, -0.05) is 49.1 Å². The Morgan fingerprint density at radius 3 is 2.65 bits per heavy atom. The molecule has 0 spiro atoms. The highest BCUT2D eigenvalue weighted by atomic mass is 32.2. The average molecular weight is 458 g/mol. The van der Waals surface area contributed by atoms with Gasteiger partial charge in [0, 0.05) is 32.6 Å². The summed E-state index contributed by atoms with van der Waals surface area (Å²) in [5, 5.41) is 1.03. The highest BCUT2D eigenvalue weighted by molar-refractivity contribution is 8.26. The van der Waals surface area contributed by atoms with E-state index in [1.807, 2.05) is 18.2 Å². The van der Waals surface area contributed by atoms with Crippen molar-refractivity contribution in [3.05, 3.63) is 45.1 Å². The van der Waals surface area contributed by atoms with E-state index >= 15 is 0 Å².